The van der Waals surface area contributed by atoms with Gasteiger partial charge in [-0.3, -0.25) is 9.59 Å². The predicted octanol–water partition coefficient (Wildman–Crippen LogP) is 0.316. The van der Waals surface area contributed by atoms with E-state index >= 15 is 0 Å². The molecular formula is C10H15NO5S. The van der Waals surface area contributed by atoms with Crippen LogP contribution in [0.25, 0.3) is 0 Å². The van der Waals surface area contributed by atoms with E-state index in [9.17, 15) is 14.4 Å². The van der Waals surface area contributed by atoms with Crippen LogP contribution in [0, 0.1) is 0 Å². The SMILES string of the molecule is CC1(C(=O)N[C@H](CC(=O)O)C(=O)O)CCCS1. The van der Waals surface area contributed by atoms with E-state index in [1.165, 1.54) is 11.8 Å². The third kappa shape index (κ3) is 3.62. The molecule has 0 aromatic carbocycles. The number of carbonyl (C=O) groups excluding carboxylic acids is 1. The van der Waals surface area contributed by atoms with Crippen LogP contribution in [0.4, 0.5) is 0 Å². The van der Waals surface area contributed by atoms with Crippen molar-refractivity contribution < 1.29 is 24.6 Å². The van der Waals surface area contributed by atoms with E-state index < -0.39 is 35.1 Å². The summed E-state index contributed by atoms with van der Waals surface area (Å²) in [4.78, 5) is 33.2. The fourth-order valence-corrected chi connectivity index (χ4v) is 2.86. The molecule has 1 fully saturated rings. The molecule has 1 unspecified atom stereocenters. The van der Waals surface area contributed by atoms with Crippen molar-refractivity contribution in [1.82, 2.24) is 5.32 Å². The van der Waals surface area contributed by atoms with Crippen LogP contribution >= 0.6 is 11.8 Å². The molecule has 0 radical (unpaired) electrons. The molecule has 0 saturated carbocycles. The van der Waals surface area contributed by atoms with Crippen LogP contribution in [0.3, 0.4) is 0 Å². The summed E-state index contributed by atoms with van der Waals surface area (Å²) < 4.78 is -0.633. The molecule has 2 atom stereocenters. The zero-order valence-corrected chi connectivity index (χ0v) is 10.2. The van der Waals surface area contributed by atoms with E-state index in [1.54, 1.807) is 6.92 Å². The zero-order chi connectivity index (χ0) is 13.1. The van der Waals surface area contributed by atoms with Gasteiger partial charge >= 0.3 is 11.9 Å². The van der Waals surface area contributed by atoms with Crippen LogP contribution < -0.4 is 5.32 Å². The van der Waals surface area contributed by atoms with Gasteiger partial charge in [0.05, 0.1) is 11.2 Å². The monoisotopic (exact) mass is 261 g/mol. The average Bonchev–Trinajstić information content (AvgIpc) is 2.64. The van der Waals surface area contributed by atoms with Gasteiger partial charge < -0.3 is 15.5 Å². The first-order chi connectivity index (χ1) is 7.85. The molecule has 1 saturated heterocycles. The second-order valence-electron chi connectivity index (χ2n) is 4.15. The Morgan fingerprint density at radius 3 is 2.47 bits per heavy atom. The lowest BCUT2D eigenvalue weighted by Gasteiger charge is -2.23. The van der Waals surface area contributed by atoms with Crippen molar-refractivity contribution in [2.24, 2.45) is 0 Å². The van der Waals surface area contributed by atoms with Gasteiger partial charge in [0.15, 0.2) is 0 Å². The van der Waals surface area contributed by atoms with Crippen molar-refractivity contribution in [3.63, 3.8) is 0 Å². The number of nitrogens with one attached hydrogen (secondary N) is 1. The molecule has 1 amide bonds. The summed E-state index contributed by atoms with van der Waals surface area (Å²) in [6.07, 6.45) is 0.982. The summed E-state index contributed by atoms with van der Waals surface area (Å²) in [7, 11) is 0. The van der Waals surface area contributed by atoms with E-state index in [4.69, 9.17) is 10.2 Å². The van der Waals surface area contributed by atoms with E-state index in [0.717, 1.165) is 12.2 Å². The minimum absolute atomic E-state index is 0.395. The number of hydrogen-bond acceptors (Lipinski definition) is 4. The number of carboxylic acid groups (broad SMARTS) is 2. The fraction of sp³-hybridized carbons (Fsp3) is 0.700. The van der Waals surface area contributed by atoms with Gasteiger partial charge in [-0.25, -0.2) is 4.79 Å². The third-order valence-corrected chi connectivity index (χ3v) is 4.20. The van der Waals surface area contributed by atoms with Gasteiger partial charge in [-0.1, -0.05) is 0 Å². The van der Waals surface area contributed by atoms with Gasteiger partial charge in [-0.05, 0) is 25.5 Å². The Hall–Kier alpha value is -1.24. The standard InChI is InChI=1S/C10H15NO5S/c1-10(3-2-4-17-10)9(16)11-6(8(14)15)5-7(12)13/h6H,2-5H2,1H3,(H,11,16)(H,12,13)(H,14,15)/t6-,10?/m1/s1. The van der Waals surface area contributed by atoms with Gasteiger partial charge in [0.25, 0.3) is 0 Å². The number of hydrogen-bond donors (Lipinski definition) is 3. The van der Waals surface area contributed by atoms with E-state index in [0.29, 0.717) is 6.42 Å². The highest BCUT2D eigenvalue weighted by atomic mass is 32.2. The van der Waals surface area contributed by atoms with Crippen molar-refractivity contribution in [3.05, 3.63) is 0 Å². The minimum atomic E-state index is -1.36. The highest BCUT2D eigenvalue weighted by Gasteiger charge is 2.39. The summed E-state index contributed by atoms with van der Waals surface area (Å²) in [6.45, 7) is 1.75. The summed E-state index contributed by atoms with van der Waals surface area (Å²) in [5.74, 6) is -2.11. The Bertz CT molecular complexity index is 338. The maximum Gasteiger partial charge on any atom is 0.326 e. The number of carbonyl (C=O) groups is 3. The lowest BCUT2D eigenvalue weighted by Crippen LogP contribution is -2.49. The van der Waals surface area contributed by atoms with Crippen LogP contribution in [0.1, 0.15) is 26.2 Å². The maximum absolute atomic E-state index is 11.9. The van der Waals surface area contributed by atoms with Gasteiger partial charge in [-0.2, -0.15) is 0 Å². The van der Waals surface area contributed by atoms with Crippen molar-refractivity contribution >= 4 is 29.6 Å². The van der Waals surface area contributed by atoms with Crippen LogP contribution in [0.15, 0.2) is 0 Å². The summed E-state index contributed by atoms with van der Waals surface area (Å²) >= 11 is 1.47. The molecule has 1 aliphatic rings. The molecular weight excluding hydrogens is 246 g/mol. The molecule has 96 valence electrons. The number of carboxylic acids is 2. The van der Waals surface area contributed by atoms with Gasteiger partial charge in [0.1, 0.15) is 6.04 Å². The molecule has 6 nitrogen and oxygen atoms in total. The van der Waals surface area contributed by atoms with Crippen molar-refractivity contribution in [2.45, 2.75) is 37.0 Å². The third-order valence-electron chi connectivity index (χ3n) is 2.68. The normalized spacial score (nSPS) is 25.2. The van der Waals surface area contributed by atoms with Crippen LogP contribution in [0.5, 0.6) is 0 Å². The Morgan fingerprint density at radius 2 is 2.06 bits per heavy atom. The molecule has 0 aromatic rings. The van der Waals surface area contributed by atoms with Gasteiger partial charge in [-0.15, -0.1) is 11.8 Å². The number of aliphatic carboxylic acids is 2. The van der Waals surface area contributed by atoms with Crippen molar-refractivity contribution in [2.75, 3.05) is 5.75 Å². The summed E-state index contributed by atoms with van der Waals surface area (Å²) in [6, 6.07) is -1.36. The maximum atomic E-state index is 11.9. The number of thioether (sulfide) groups is 1. The Morgan fingerprint density at radius 1 is 1.41 bits per heavy atom. The number of rotatable bonds is 5. The second-order valence-corrected chi connectivity index (χ2v) is 5.74. The van der Waals surface area contributed by atoms with E-state index in [2.05, 4.69) is 5.32 Å². The van der Waals surface area contributed by atoms with Crippen LogP contribution in [0.2, 0.25) is 0 Å². The molecule has 1 rings (SSSR count). The van der Waals surface area contributed by atoms with Gasteiger partial charge in [0, 0.05) is 0 Å². The first-order valence-corrected chi connectivity index (χ1v) is 6.23. The fourth-order valence-electron chi connectivity index (χ4n) is 1.64. The smallest absolute Gasteiger partial charge is 0.326 e. The molecule has 7 heteroatoms. The largest absolute Gasteiger partial charge is 0.481 e. The van der Waals surface area contributed by atoms with Crippen molar-refractivity contribution in [1.29, 1.82) is 0 Å². The minimum Gasteiger partial charge on any atom is -0.481 e. The van der Waals surface area contributed by atoms with E-state index in [1.807, 2.05) is 0 Å². The second kappa shape index (κ2) is 5.39. The Balaban J connectivity index is 2.63. The number of amides is 1. The molecule has 0 bridgehead atoms. The lowest BCUT2D eigenvalue weighted by atomic mass is 10.0. The highest BCUT2D eigenvalue weighted by Crippen LogP contribution is 2.37. The first kappa shape index (κ1) is 13.8. The Kier molecular flexibility index (Phi) is 4.39. The summed E-state index contributed by atoms with van der Waals surface area (Å²) in [5.41, 5.74) is 0. The van der Waals surface area contributed by atoms with Crippen LogP contribution in [-0.4, -0.2) is 44.6 Å². The molecule has 17 heavy (non-hydrogen) atoms. The molecule has 1 aliphatic heterocycles. The molecule has 0 aliphatic carbocycles. The molecule has 1 heterocycles. The quantitative estimate of drug-likeness (QED) is 0.658. The average molecular weight is 261 g/mol. The van der Waals surface area contributed by atoms with E-state index in [-0.39, 0.29) is 0 Å². The molecule has 0 aromatic heterocycles. The summed E-state index contributed by atoms with van der Waals surface area (Å²) in [5, 5.41) is 19.7. The lowest BCUT2D eigenvalue weighted by molar-refractivity contribution is -0.147. The molecule has 3 N–H and O–H groups in total. The highest BCUT2D eigenvalue weighted by molar-refractivity contribution is 8.01. The topological polar surface area (TPSA) is 104 Å². The van der Waals surface area contributed by atoms with Gasteiger partial charge in [0.2, 0.25) is 5.91 Å². The van der Waals surface area contributed by atoms with Crippen molar-refractivity contribution in [3.8, 4) is 0 Å². The predicted molar refractivity (Wildman–Crippen MR) is 61.9 cm³/mol. The Labute approximate surface area is 103 Å². The zero-order valence-electron chi connectivity index (χ0n) is 9.43. The van der Waals surface area contributed by atoms with Crippen LogP contribution in [-0.2, 0) is 14.4 Å². The first-order valence-electron chi connectivity index (χ1n) is 5.25. The molecule has 0 spiro atoms.